The maximum absolute atomic E-state index is 12.9. The predicted molar refractivity (Wildman–Crippen MR) is 293 cm³/mol. The zero-order valence-corrected chi connectivity index (χ0v) is 45.6. The number of hydrogen-bond donors (Lipinski definition) is 0. The molecule has 0 heterocycles. The lowest BCUT2D eigenvalue weighted by molar-refractivity contribution is -0.167. The Bertz CT molecular complexity index is 1140. The molecular formula is C62H114O6. The van der Waals surface area contributed by atoms with E-state index in [0.29, 0.717) is 19.3 Å². The normalized spacial score (nSPS) is 12.2. The van der Waals surface area contributed by atoms with Crippen molar-refractivity contribution < 1.29 is 28.6 Å². The summed E-state index contributed by atoms with van der Waals surface area (Å²) in [6.45, 7) is 6.56. The van der Waals surface area contributed by atoms with Gasteiger partial charge in [-0.25, -0.2) is 0 Å². The van der Waals surface area contributed by atoms with Gasteiger partial charge in [-0.05, 0) is 51.4 Å². The molecule has 6 heteroatoms. The Kier molecular flexibility index (Phi) is 55.2. The second-order valence-electron chi connectivity index (χ2n) is 20.2. The van der Waals surface area contributed by atoms with E-state index >= 15 is 0 Å². The van der Waals surface area contributed by atoms with Crippen molar-refractivity contribution in [2.75, 3.05) is 13.2 Å². The number of unbranched alkanes of at least 4 members (excludes halogenated alkanes) is 38. The predicted octanol–water partition coefficient (Wildman–Crippen LogP) is 20.0. The fourth-order valence-corrected chi connectivity index (χ4v) is 8.93. The van der Waals surface area contributed by atoms with Crippen LogP contribution in [0.4, 0.5) is 0 Å². The Morgan fingerprint density at radius 3 is 0.897 bits per heavy atom. The topological polar surface area (TPSA) is 78.9 Å². The molecule has 0 aliphatic carbocycles. The molecule has 0 aromatic rings. The van der Waals surface area contributed by atoms with E-state index in [1.165, 1.54) is 199 Å². The molecule has 6 nitrogen and oxygen atoms in total. The summed E-state index contributed by atoms with van der Waals surface area (Å²) >= 11 is 0. The lowest BCUT2D eigenvalue weighted by atomic mass is 10.0. The lowest BCUT2D eigenvalue weighted by Gasteiger charge is -2.18. The molecule has 0 rings (SSSR count). The first-order valence-corrected chi connectivity index (χ1v) is 30.0. The van der Waals surface area contributed by atoms with E-state index in [0.717, 1.165) is 83.5 Å². The molecule has 0 aromatic carbocycles. The third kappa shape index (κ3) is 54.6. The SMILES string of the molecule is CC/C=C\C/C=C\C/C=C\CCCCCCCCCC(=O)OC(COC(=O)CCCCCCCCCCCCC)COC(=O)CCCCCCCCCCCCCCCCCCCCCCCC. The van der Waals surface area contributed by atoms with Crippen LogP contribution in [-0.2, 0) is 28.6 Å². The van der Waals surface area contributed by atoms with Crippen LogP contribution in [0.25, 0.3) is 0 Å². The molecule has 0 amide bonds. The van der Waals surface area contributed by atoms with Crippen LogP contribution < -0.4 is 0 Å². The zero-order valence-electron chi connectivity index (χ0n) is 45.6. The number of esters is 3. The first-order chi connectivity index (χ1) is 33.5. The molecule has 398 valence electrons. The Morgan fingerprint density at radius 1 is 0.309 bits per heavy atom. The van der Waals surface area contributed by atoms with Crippen LogP contribution in [-0.4, -0.2) is 37.2 Å². The fraction of sp³-hybridized carbons (Fsp3) is 0.855. The van der Waals surface area contributed by atoms with E-state index in [1.807, 2.05) is 0 Å². The Balaban J connectivity index is 4.25. The van der Waals surface area contributed by atoms with Gasteiger partial charge in [0.15, 0.2) is 6.10 Å². The quantitative estimate of drug-likeness (QED) is 0.0262. The molecule has 0 fully saturated rings. The average molecular weight is 956 g/mol. The van der Waals surface area contributed by atoms with Crippen LogP contribution in [0.15, 0.2) is 36.5 Å². The van der Waals surface area contributed by atoms with Gasteiger partial charge in [-0.2, -0.15) is 0 Å². The van der Waals surface area contributed by atoms with Gasteiger partial charge in [0, 0.05) is 19.3 Å². The molecule has 0 bridgehead atoms. The zero-order chi connectivity index (χ0) is 49.3. The van der Waals surface area contributed by atoms with E-state index in [4.69, 9.17) is 14.2 Å². The van der Waals surface area contributed by atoms with Crippen molar-refractivity contribution in [3.8, 4) is 0 Å². The summed E-state index contributed by atoms with van der Waals surface area (Å²) in [4.78, 5) is 38.1. The number of allylic oxidation sites excluding steroid dienone is 6. The molecule has 0 radical (unpaired) electrons. The molecule has 0 spiro atoms. The minimum atomic E-state index is -0.773. The number of carbonyl (C=O) groups excluding carboxylic acids is 3. The molecule has 0 saturated carbocycles. The van der Waals surface area contributed by atoms with E-state index in [9.17, 15) is 14.4 Å². The van der Waals surface area contributed by atoms with Crippen molar-refractivity contribution in [2.24, 2.45) is 0 Å². The first-order valence-electron chi connectivity index (χ1n) is 30.0. The van der Waals surface area contributed by atoms with Crippen molar-refractivity contribution in [1.29, 1.82) is 0 Å². The summed E-state index contributed by atoms with van der Waals surface area (Å²) in [7, 11) is 0. The van der Waals surface area contributed by atoms with Gasteiger partial charge < -0.3 is 14.2 Å². The average Bonchev–Trinajstić information content (AvgIpc) is 3.34. The summed E-state index contributed by atoms with van der Waals surface area (Å²) in [5.74, 6) is -0.862. The van der Waals surface area contributed by atoms with Crippen LogP contribution in [0, 0.1) is 0 Å². The molecule has 0 N–H and O–H groups in total. The van der Waals surface area contributed by atoms with Gasteiger partial charge in [0.05, 0.1) is 0 Å². The van der Waals surface area contributed by atoms with Gasteiger partial charge in [0.2, 0.25) is 0 Å². The van der Waals surface area contributed by atoms with Crippen molar-refractivity contribution in [3.63, 3.8) is 0 Å². The minimum absolute atomic E-state index is 0.0713. The Labute approximate surface area is 423 Å². The fourth-order valence-electron chi connectivity index (χ4n) is 8.93. The van der Waals surface area contributed by atoms with E-state index in [2.05, 4.69) is 57.2 Å². The van der Waals surface area contributed by atoms with E-state index in [-0.39, 0.29) is 31.1 Å². The smallest absolute Gasteiger partial charge is 0.306 e. The third-order valence-electron chi connectivity index (χ3n) is 13.4. The molecule has 0 aromatic heterocycles. The minimum Gasteiger partial charge on any atom is -0.462 e. The molecule has 1 unspecified atom stereocenters. The summed E-state index contributed by atoms with van der Waals surface area (Å²) in [6, 6.07) is 0. The second kappa shape index (κ2) is 57.2. The standard InChI is InChI=1S/C62H114O6/c1-4-7-10-13-16-19-22-24-26-28-29-30-31-32-34-35-37-40-43-46-49-52-55-61(64)67-58-59(57-66-60(63)54-51-48-45-42-39-21-18-15-12-9-6-3)68-62(65)56-53-50-47-44-41-38-36-33-27-25-23-20-17-14-11-8-5-2/h8,11,17,20,25,27,59H,4-7,9-10,12-16,18-19,21-24,26,28-58H2,1-3H3/b11-8-,20-17-,27-25-. The molecule has 1 atom stereocenters. The molecule has 0 aliphatic rings. The monoisotopic (exact) mass is 955 g/mol. The highest BCUT2D eigenvalue weighted by Crippen LogP contribution is 2.17. The van der Waals surface area contributed by atoms with Gasteiger partial charge in [0.1, 0.15) is 13.2 Å². The van der Waals surface area contributed by atoms with Crippen molar-refractivity contribution in [3.05, 3.63) is 36.5 Å². The van der Waals surface area contributed by atoms with Crippen LogP contribution in [0.5, 0.6) is 0 Å². The van der Waals surface area contributed by atoms with Crippen LogP contribution in [0.3, 0.4) is 0 Å². The van der Waals surface area contributed by atoms with Crippen molar-refractivity contribution in [2.45, 2.75) is 329 Å². The maximum atomic E-state index is 12.9. The molecule has 0 aliphatic heterocycles. The van der Waals surface area contributed by atoms with Crippen LogP contribution in [0.2, 0.25) is 0 Å². The summed E-state index contributed by atoms with van der Waals surface area (Å²) in [6.07, 6.45) is 68.6. The molecule has 68 heavy (non-hydrogen) atoms. The molecular weight excluding hydrogens is 841 g/mol. The first kappa shape index (κ1) is 65.6. The van der Waals surface area contributed by atoms with Gasteiger partial charge in [-0.3, -0.25) is 14.4 Å². The molecule has 0 saturated heterocycles. The van der Waals surface area contributed by atoms with Gasteiger partial charge >= 0.3 is 17.9 Å². The van der Waals surface area contributed by atoms with Gasteiger partial charge in [-0.15, -0.1) is 0 Å². The number of hydrogen-bond acceptors (Lipinski definition) is 6. The number of ether oxygens (including phenoxy) is 3. The largest absolute Gasteiger partial charge is 0.462 e. The van der Waals surface area contributed by atoms with Crippen molar-refractivity contribution in [1.82, 2.24) is 0 Å². The van der Waals surface area contributed by atoms with E-state index < -0.39 is 6.10 Å². The van der Waals surface area contributed by atoms with Crippen LogP contribution >= 0.6 is 0 Å². The summed E-state index contributed by atoms with van der Waals surface area (Å²) in [5.41, 5.74) is 0. The van der Waals surface area contributed by atoms with E-state index in [1.54, 1.807) is 0 Å². The van der Waals surface area contributed by atoms with Crippen LogP contribution in [0.1, 0.15) is 323 Å². The third-order valence-corrected chi connectivity index (χ3v) is 13.4. The summed E-state index contributed by atoms with van der Waals surface area (Å²) in [5, 5.41) is 0. The van der Waals surface area contributed by atoms with Gasteiger partial charge in [0.25, 0.3) is 0 Å². The Morgan fingerprint density at radius 2 is 0.574 bits per heavy atom. The number of carbonyl (C=O) groups is 3. The van der Waals surface area contributed by atoms with Gasteiger partial charge in [-0.1, -0.05) is 288 Å². The Hall–Kier alpha value is -2.37. The highest BCUT2D eigenvalue weighted by Gasteiger charge is 2.19. The second-order valence-corrected chi connectivity index (χ2v) is 20.2. The number of rotatable bonds is 55. The summed E-state index contributed by atoms with van der Waals surface area (Å²) < 4.78 is 16.9. The lowest BCUT2D eigenvalue weighted by Crippen LogP contribution is -2.30. The van der Waals surface area contributed by atoms with Crippen molar-refractivity contribution >= 4 is 17.9 Å². The maximum Gasteiger partial charge on any atom is 0.306 e. The highest BCUT2D eigenvalue weighted by atomic mass is 16.6. The highest BCUT2D eigenvalue weighted by molar-refractivity contribution is 5.71.